The maximum Gasteiger partial charge on any atom is 0.135 e. The first-order valence-electron chi connectivity index (χ1n) is 18.8. The first-order valence-corrected chi connectivity index (χ1v) is 18.8. The maximum atomic E-state index is 6.01. The summed E-state index contributed by atoms with van der Waals surface area (Å²) >= 11 is 0. The Morgan fingerprint density at radius 3 is 0.821 bits per heavy atom. The number of furan rings is 2. The molecule has 0 unspecified atom stereocenters. The Kier molecular flexibility index (Phi) is 9.66. The van der Waals surface area contributed by atoms with Crippen LogP contribution in [-0.2, 0) is 0 Å². The number of nitrogens with zero attached hydrogens (tertiary/aromatic N) is 2. The van der Waals surface area contributed by atoms with E-state index >= 15 is 0 Å². The smallest absolute Gasteiger partial charge is 0.135 e. The molecule has 0 radical (unpaired) electrons. The Balaban J connectivity index is 0.000000146. The van der Waals surface area contributed by atoms with Crippen molar-refractivity contribution in [2.24, 2.45) is 0 Å². The van der Waals surface area contributed by atoms with E-state index in [-0.39, 0.29) is 0 Å². The van der Waals surface area contributed by atoms with Crippen molar-refractivity contribution >= 4 is 56.1 Å². The molecule has 0 aliphatic rings. The summed E-state index contributed by atoms with van der Waals surface area (Å²) in [5, 5.41) is 2.24. The van der Waals surface area contributed by atoms with E-state index in [1.54, 1.807) is 0 Å². The lowest BCUT2D eigenvalue weighted by molar-refractivity contribution is 0.631. The number of rotatable bonds is 8. The Hall–Kier alpha value is -7.56. The van der Waals surface area contributed by atoms with Gasteiger partial charge in [0.15, 0.2) is 0 Å². The summed E-state index contributed by atoms with van der Waals surface area (Å²) in [6.45, 7) is 0. The average molecular weight is 723 g/mol. The van der Waals surface area contributed by atoms with Crippen molar-refractivity contribution in [3.05, 3.63) is 231 Å². The van der Waals surface area contributed by atoms with E-state index in [1.165, 1.54) is 0 Å². The Morgan fingerprint density at radius 1 is 0.250 bits per heavy atom. The highest BCUT2D eigenvalue weighted by atomic mass is 16.3. The van der Waals surface area contributed by atoms with Crippen molar-refractivity contribution < 1.29 is 8.83 Å². The summed E-state index contributed by atoms with van der Waals surface area (Å²) in [6.07, 6.45) is 0. The molecule has 0 fully saturated rings. The van der Waals surface area contributed by atoms with Gasteiger partial charge in [-0.3, -0.25) is 0 Å². The molecule has 0 bridgehead atoms. The second kappa shape index (κ2) is 15.8. The molecule has 0 amide bonds. The molecule has 10 aromatic rings. The zero-order valence-corrected chi connectivity index (χ0v) is 30.7. The molecule has 0 atom stereocenters. The van der Waals surface area contributed by atoms with Gasteiger partial charge in [-0.05, 0) is 121 Å². The Bertz CT molecular complexity index is 2430. The van der Waals surface area contributed by atoms with Crippen molar-refractivity contribution in [3.63, 3.8) is 0 Å². The van der Waals surface area contributed by atoms with Gasteiger partial charge in [0.2, 0.25) is 0 Å². The second-order valence-electron chi connectivity index (χ2n) is 13.4. The van der Waals surface area contributed by atoms with E-state index in [4.69, 9.17) is 8.83 Å². The van der Waals surface area contributed by atoms with E-state index in [0.717, 1.165) is 78.7 Å². The summed E-state index contributed by atoms with van der Waals surface area (Å²) in [7, 11) is 0. The molecular formula is C52H38N2O2. The van der Waals surface area contributed by atoms with Crippen molar-refractivity contribution in [3.8, 4) is 22.6 Å². The van der Waals surface area contributed by atoms with Gasteiger partial charge in [-0.2, -0.15) is 0 Å². The molecule has 0 saturated carbocycles. The van der Waals surface area contributed by atoms with E-state index in [0.29, 0.717) is 0 Å². The van der Waals surface area contributed by atoms with E-state index in [1.807, 2.05) is 60.7 Å². The van der Waals surface area contributed by atoms with Crippen LogP contribution in [0.1, 0.15) is 0 Å². The number of fused-ring (bicyclic) bond motifs is 2. The van der Waals surface area contributed by atoms with Crippen LogP contribution in [0.25, 0.3) is 44.6 Å². The third-order valence-corrected chi connectivity index (χ3v) is 9.73. The fourth-order valence-corrected chi connectivity index (χ4v) is 7.00. The molecule has 2 aromatic heterocycles. The molecule has 10 rings (SSSR count). The van der Waals surface area contributed by atoms with Gasteiger partial charge < -0.3 is 18.6 Å². The van der Waals surface area contributed by atoms with Gasteiger partial charge in [0.25, 0.3) is 0 Å². The zero-order valence-electron chi connectivity index (χ0n) is 30.7. The summed E-state index contributed by atoms with van der Waals surface area (Å²) < 4.78 is 12.0. The summed E-state index contributed by atoms with van der Waals surface area (Å²) in [5.41, 5.74) is 10.7. The molecule has 4 heteroatoms. The Labute approximate surface area is 326 Å². The monoisotopic (exact) mass is 722 g/mol. The zero-order chi connectivity index (χ0) is 37.5. The lowest BCUT2D eigenvalue weighted by atomic mass is 10.1. The SMILES string of the molecule is c1ccc(N(c2ccccc2)c2ccc(-c3cc4ccccc4o3)cc2)cc1.c1ccc(N(c2ccccc2)c2ccc(-c3cc4ccccc4o3)cc2)cc1. The van der Waals surface area contributed by atoms with Gasteiger partial charge in [-0.25, -0.2) is 0 Å². The number of benzene rings is 8. The van der Waals surface area contributed by atoms with Gasteiger partial charge in [-0.1, -0.05) is 109 Å². The van der Waals surface area contributed by atoms with Gasteiger partial charge in [-0.15, -0.1) is 0 Å². The minimum Gasteiger partial charge on any atom is -0.456 e. The standard InChI is InChI=1S/2C26H19NO/c2*1-3-10-22(11-4-1)27(23-12-5-2-6-13-23)24-17-15-20(16-18-24)26-19-21-9-7-8-14-25(21)28-26/h2*1-19H. The molecular weight excluding hydrogens is 685 g/mol. The quantitative estimate of drug-likeness (QED) is 0.156. The van der Waals surface area contributed by atoms with Crippen LogP contribution in [0, 0.1) is 0 Å². The van der Waals surface area contributed by atoms with Gasteiger partial charge in [0, 0.05) is 56.0 Å². The summed E-state index contributed by atoms with van der Waals surface area (Å²) in [5.74, 6) is 1.78. The van der Waals surface area contributed by atoms with Crippen molar-refractivity contribution in [1.29, 1.82) is 0 Å². The molecule has 0 saturated heterocycles. The second-order valence-corrected chi connectivity index (χ2v) is 13.4. The van der Waals surface area contributed by atoms with E-state index in [2.05, 4.69) is 180 Å². The van der Waals surface area contributed by atoms with Gasteiger partial charge in [0.05, 0.1) is 0 Å². The summed E-state index contributed by atoms with van der Waals surface area (Å²) in [6, 6.07) is 79.1. The maximum absolute atomic E-state index is 6.01. The molecule has 0 spiro atoms. The molecule has 2 heterocycles. The highest BCUT2D eigenvalue weighted by molar-refractivity contribution is 5.85. The van der Waals surface area contributed by atoms with Crippen LogP contribution in [0.15, 0.2) is 239 Å². The lowest BCUT2D eigenvalue weighted by Gasteiger charge is -2.25. The van der Waals surface area contributed by atoms with Crippen molar-refractivity contribution in [1.82, 2.24) is 0 Å². The Morgan fingerprint density at radius 2 is 0.518 bits per heavy atom. The first kappa shape index (κ1) is 34.2. The minimum absolute atomic E-state index is 0.888. The van der Waals surface area contributed by atoms with Crippen LogP contribution in [0.3, 0.4) is 0 Å². The first-order chi connectivity index (χ1) is 27.8. The highest BCUT2D eigenvalue weighted by Crippen LogP contribution is 2.38. The van der Waals surface area contributed by atoms with Crippen molar-refractivity contribution in [2.45, 2.75) is 0 Å². The fourth-order valence-electron chi connectivity index (χ4n) is 7.00. The largest absolute Gasteiger partial charge is 0.456 e. The van der Waals surface area contributed by atoms with E-state index < -0.39 is 0 Å². The lowest BCUT2D eigenvalue weighted by Crippen LogP contribution is -2.09. The third kappa shape index (κ3) is 7.32. The predicted octanol–water partition coefficient (Wildman–Crippen LogP) is 15.1. The predicted molar refractivity (Wildman–Crippen MR) is 233 cm³/mol. The third-order valence-electron chi connectivity index (χ3n) is 9.73. The van der Waals surface area contributed by atoms with Crippen molar-refractivity contribution in [2.75, 3.05) is 9.80 Å². The van der Waals surface area contributed by atoms with E-state index in [9.17, 15) is 0 Å². The number of anilines is 6. The minimum atomic E-state index is 0.888. The van der Waals surface area contributed by atoms with Crippen LogP contribution >= 0.6 is 0 Å². The molecule has 268 valence electrons. The van der Waals surface area contributed by atoms with Crippen LogP contribution < -0.4 is 9.80 Å². The van der Waals surface area contributed by atoms with Gasteiger partial charge >= 0.3 is 0 Å². The number of hydrogen-bond acceptors (Lipinski definition) is 4. The van der Waals surface area contributed by atoms with Crippen LogP contribution in [0.2, 0.25) is 0 Å². The topological polar surface area (TPSA) is 32.8 Å². The normalized spacial score (nSPS) is 10.9. The molecule has 4 nitrogen and oxygen atoms in total. The number of hydrogen-bond donors (Lipinski definition) is 0. The molecule has 0 aliphatic carbocycles. The number of para-hydroxylation sites is 6. The average Bonchev–Trinajstić information content (AvgIpc) is 3.92. The summed E-state index contributed by atoms with van der Waals surface area (Å²) in [4.78, 5) is 4.50. The van der Waals surface area contributed by atoms with Crippen LogP contribution in [-0.4, -0.2) is 0 Å². The highest BCUT2D eigenvalue weighted by Gasteiger charge is 2.14. The fraction of sp³-hybridized carbons (Fsp3) is 0. The molecule has 0 N–H and O–H groups in total. The molecule has 56 heavy (non-hydrogen) atoms. The van der Waals surface area contributed by atoms with Gasteiger partial charge in [0.1, 0.15) is 22.7 Å². The van der Waals surface area contributed by atoms with Crippen LogP contribution in [0.4, 0.5) is 34.1 Å². The van der Waals surface area contributed by atoms with Crippen LogP contribution in [0.5, 0.6) is 0 Å². The molecule has 0 aliphatic heterocycles. The molecule has 8 aromatic carbocycles.